The van der Waals surface area contributed by atoms with Crippen LogP contribution in [0.4, 0.5) is 0 Å². The average Bonchev–Trinajstić information content (AvgIpc) is 3.21. The molecular weight excluding hydrogens is 408 g/mol. The van der Waals surface area contributed by atoms with Gasteiger partial charge in [-0.2, -0.15) is 0 Å². The third kappa shape index (κ3) is 2.85. The first-order chi connectivity index (χ1) is 16.7. The molecule has 34 heavy (non-hydrogen) atoms. The molecule has 0 aromatic heterocycles. The summed E-state index contributed by atoms with van der Waals surface area (Å²) in [5.41, 5.74) is 12.4. The normalized spacial score (nSPS) is 13.2. The Kier molecular flexibility index (Phi) is 4.81. The molecule has 0 fully saturated rings. The average molecular weight is 435 g/mol. The third-order valence-electron chi connectivity index (χ3n) is 7.29. The lowest BCUT2D eigenvalue weighted by Gasteiger charge is -2.34. The molecule has 0 atom stereocenters. The van der Waals surface area contributed by atoms with Crippen LogP contribution >= 0.6 is 0 Å². The van der Waals surface area contributed by atoms with Crippen molar-refractivity contribution in [1.29, 1.82) is 0 Å². The van der Waals surface area contributed by atoms with E-state index in [1.165, 1.54) is 55.6 Å². The van der Waals surface area contributed by atoms with E-state index < -0.39 is 0 Å². The molecule has 5 aromatic rings. The summed E-state index contributed by atoms with van der Waals surface area (Å²) in [7, 11) is 0. The Labute approximate surface area is 201 Å². The standard InChI is InChI=1S/C34H26/c1-3-25-23-26(22-21-24(25)2)29-18-12-20-32-33(29)30-17-10-11-19-31(30)34(32,27-13-6-4-7-14-27)28-15-8-5-9-16-28/h3-23H,1H2,2H3. The van der Waals surface area contributed by atoms with Crippen molar-refractivity contribution >= 4 is 6.08 Å². The zero-order valence-electron chi connectivity index (χ0n) is 19.3. The lowest BCUT2D eigenvalue weighted by Crippen LogP contribution is -2.28. The first-order valence-corrected chi connectivity index (χ1v) is 11.8. The van der Waals surface area contributed by atoms with Gasteiger partial charge in [0, 0.05) is 0 Å². The number of hydrogen-bond donors (Lipinski definition) is 0. The van der Waals surface area contributed by atoms with Crippen LogP contribution < -0.4 is 0 Å². The topological polar surface area (TPSA) is 0 Å². The highest BCUT2D eigenvalue weighted by Gasteiger charge is 2.46. The van der Waals surface area contributed by atoms with E-state index in [1.807, 2.05) is 6.08 Å². The minimum atomic E-state index is -0.365. The van der Waals surface area contributed by atoms with Crippen LogP contribution in [0.25, 0.3) is 28.3 Å². The van der Waals surface area contributed by atoms with Crippen LogP contribution in [-0.2, 0) is 5.41 Å². The van der Waals surface area contributed by atoms with Crippen molar-refractivity contribution in [2.45, 2.75) is 12.3 Å². The molecule has 0 nitrogen and oxygen atoms in total. The van der Waals surface area contributed by atoms with Gasteiger partial charge in [-0.25, -0.2) is 0 Å². The maximum Gasteiger partial charge on any atom is 0.0713 e. The molecule has 0 saturated heterocycles. The number of aryl methyl sites for hydroxylation is 1. The van der Waals surface area contributed by atoms with E-state index in [9.17, 15) is 0 Å². The highest BCUT2D eigenvalue weighted by Crippen LogP contribution is 2.58. The van der Waals surface area contributed by atoms with Crippen LogP contribution in [0.2, 0.25) is 0 Å². The third-order valence-corrected chi connectivity index (χ3v) is 7.29. The molecule has 162 valence electrons. The van der Waals surface area contributed by atoms with Crippen molar-refractivity contribution in [2.75, 3.05) is 0 Å². The van der Waals surface area contributed by atoms with Crippen molar-refractivity contribution in [3.63, 3.8) is 0 Å². The van der Waals surface area contributed by atoms with Gasteiger partial charge in [-0.3, -0.25) is 0 Å². The smallest absolute Gasteiger partial charge is 0.0713 e. The molecule has 0 saturated carbocycles. The second-order valence-electron chi connectivity index (χ2n) is 9.03. The molecule has 1 aliphatic rings. The number of hydrogen-bond acceptors (Lipinski definition) is 0. The summed E-state index contributed by atoms with van der Waals surface area (Å²) in [6.07, 6.45) is 1.95. The molecule has 0 N–H and O–H groups in total. The van der Waals surface area contributed by atoms with Gasteiger partial charge in [-0.05, 0) is 68.6 Å². The molecule has 0 unspecified atom stereocenters. The quantitative estimate of drug-likeness (QED) is 0.260. The van der Waals surface area contributed by atoms with E-state index in [0.717, 1.165) is 0 Å². The summed E-state index contributed by atoms with van der Waals surface area (Å²) in [5.74, 6) is 0. The van der Waals surface area contributed by atoms with Crippen molar-refractivity contribution in [2.24, 2.45) is 0 Å². The van der Waals surface area contributed by atoms with Gasteiger partial charge in [0.25, 0.3) is 0 Å². The molecule has 0 radical (unpaired) electrons. The van der Waals surface area contributed by atoms with E-state index in [-0.39, 0.29) is 5.41 Å². The number of fused-ring (bicyclic) bond motifs is 3. The van der Waals surface area contributed by atoms with Gasteiger partial charge in [0.15, 0.2) is 0 Å². The zero-order chi connectivity index (χ0) is 23.1. The van der Waals surface area contributed by atoms with E-state index in [2.05, 4.69) is 135 Å². The summed E-state index contributed by atoms with van der Waals surface area (Å²) >= 11 is 0. The van der Waals surface area contributed by atoms with E-state index in [1.54, 1.807) is 0 Å². The first-order valence-electron chi connectivity index (χ1n) is 11.8. The van der Waals surface area contributed by atoms with E-state index in [0.29, 0.717) is 0 Å². The fraction of sp³-hybridized carbons (Fsp3) is 0.0588. The SMILES string of the molecule is C=Cc1cc(-c2cccc3c2-c2ccccc2C3(c2ccccc2)c2ccccc2)ccc1C. The predicted molar refractivity (Wildman–Crippen MR) is 144 cm³/mol. The van der Waals surface area contributed by atoms with Gasteiger partial charge in [0.2, 0.25) is 0 Å². The largest absolute Gasteiger partial charge is 0.0985 e. The Balaban J connectivity index is 1.75. The van der Waals surface area contributed by atoms with Gasteiger partial charge in [0.05, 0.1) is 5.41 Å². The van der Waals surface area contributed by atoms with Crippen LogP contribution in [0.5, 0.6) is 0 Å². The van der Waals surface area contributed by atoms with Crippen molar-refractivity contribution in [3.8, 4) is 22.3 Å². The first kappa shape index (κ1) is 20.4. The van der Waals surface area contributed by atoms with Crippen LogP contribution in [0.15, 0.2) is 128 Å². The van der Waals surface area contributed by atoms with Crippen molar-refractivity contribution in [3.05, 3.63) is 161 Å². The van der Waals surface area contributed by atoms with Gasteiger partial charge >= 0.3 is 0 Å². The number of benzene rings is 5. The summed E-state index contributed by atoms with van der Waals surface area (Å²) in [6, 6.07) is 44.3. The van der Waals surface area contributed by atoms with E-state index >= 15 is 0 Å². The maximum atomic E-state index is 4.04. The van der Waals surface area contributed by atoms with Gasteiger partial charge in [-0.1, -0.05) is 128 Å². The molecule has 0 amide bonds. The Hall–Kier alpha value is -4.16. The van der Waals surface area contributed by atoms with Crippen molar-refractivity contribution < 1.29 is 0 Å². The molecule has 0 aliphatic heterocycles. The Morgan fingerprint density at radius 3 is 1.85 bits per heavy atom. The van der Waals surface area contributed by atoms with Gasteiger partial charge < -0.3 is 0 Å². The molecule has 1 aliphatic carbocycles. The van der Waals surface area contributed by atoms with Crippen LogP contribution in [-0.4, -0.2) is 0 Å². The fourth-order valence-corrected chi connectivity index (χ4v) is 5.76. The Morgan fingerprint density at radius 2 is 1.18 bits per heavy atom. The highest BCUT2D eigenvalue weighted by atomic mass is 14.5. The lowest BCUT2D eigenvalue weighted by atomic mass is 9.67. The van der Waals surface area contributed by atoms with Crippen molar-refractivity contribution in [1.82, 2.24) is 0 Å². The van der Waals surface area contributed by atoms with E-state index in [4.69, 9.17) is 0 Å². The summed E-state index contributed by atoms with van der Waals surface area (Å²) in [6.45, 7) is 6.18. The lowest BCUT2D eigenvalue weighted by molar-refractivity contribution is 0.768. The van der Waals surface area contributed by atoms with Gasteiger partial charge in [-0.15, -0.1) is 0 Å². The minimum absolute atomic E-state index is 0.365. The summed E-state index contributed by atoms with van der Waals surface area (Å²) in [4.78, 5) is 0. The molecule has 0 heteroatoms. The molecule has 6 rings (SSSR count). The molecule has 0 spiro atoms. The van der Waals surface area contributed by atoms with Crippen LogP contribution in [0, 0.1) is 6.92 Å². The molecule has 0 bridgehead atoms. The highest BCUT2D eigenvalue weighted by molar-refractivity contribution is 5.95. The van der Waals surface area contributed by atoms with Crippen LogP contribution in [0.3, 0.4) is 0 Å². The maximum absolute atomic E-state index is 4.04. The number of rotatable bonds is 4. The minimum Gasteiger partial charge on any atom is -0.0985 e. The van der Waals surface area contributed by atoms with Crippen LogP contribution in [0.1, 0.15) is 33.4 Å². The monoisotopic (exact) mass is 434 g/mol. The Morgan fingerprint density at radius 1 is 0.588 bits per heavy atom. The predicted octanol–water partition coefficient (Wildman–Crippen LogP) is 8.67. The molecular formula is C34H26. The van der Waals surface area contributed by atoms with Gasteiger partial charge in [0.1, 0.15) is 0 Å². The fourth-order valence-electron chi connectivity index (χ4n) is 5.76. The summed E-state index contributed by atoms with van der Waals surface area (Å²) in [5, 5.41) is 0. The second kappa shape index (κ2) is 8.01. The molecule has 0 heterocycles. The Bertz CT molecular complexity index is 1470. The summed E-state index contributed by atoms with van der Waals surface area (Å²) < 4.78 is 0. The molecule has 5 aromatic carbocycles. The second-order valence-corrected chi connectivity index (χ2v) is 9.03. The zero-order valence-corrected chi connectivity index (χ0v) is 19.3.